The van der Waals surface area contributed by atoms with Crippen LogP contribution in [0.2, 0.25) is 0 Å². The first-order valence-electron chi connectivity index (χ1n) is 6.80. The molecule has 0 aliphatic carbocycles. The van der Waals surface area contributed by atoms with Gasteiger partial charge in [-0.25, -0.2) is 4.79 Å². The Labute approximate surface area is 134 Å². The van der Waals surface area contributed by atoms with Crippen molar-refractivity contribution in [2.45, 2.75) is 0 Å². The molecule has 0 atom stereocenters. The van der Waals surface area contributed by atoms with Crippen LogP contribution in [-0.2, 0) is 4.79 Å². The van der Waals surface area contributed by atoms with E-state index in [1.165, 1.54) is 13.2 Å². The third-order valence-electron chi connectivity index (χ3n) is 3.16. The van der Waals surface area contributed by atoms with Crippen LogP contribution >= 0.6 is 0 Å². The molecule has 0 aromatic heterocycles. The topological polar surface area (TPSA) is 61.8 Å². The van der Waals surface area contributed by atoms with E-state index in [0.29, 0.717) is 17.1 Å². The maximum atomic E-state index is 12.6. The van der Waals surface area contributed by atoms with Crippen molar-refractivity contribution in [1.82, 2.24) is 0 Å². The van der Waals surface area contributed by atoms with Crippen LogP contribution in [0.25, 0.3) is 0 Å². The normalized spacial score (nSPS) is 9.83. The van der Waals surface area contributed by atoms with E-state index in [4.69, 9.17) is 14.2 Å². The van der Waals surface area contributed by atoms with E-state index in [0.717, 1.165) is 6.08 Å². The van der Waals surface area contributed by atoms with Gasteiger partial charge in [-0.2, -0.15) is 0 Å². The van der Waals surface area contributed by atoms with Crippen molar-refractivity contribution in [2.24, 2.45) is 0 Å². The van der Waals surface area contributed by atoms with Gasteiger partial charge in [-0.15, -0.1) is 0 Å². The zero-order chi connectivity index (χ0) is 16.8. The van der Waals surface area contributed by atoms with Gasteiger partial charge in [-0.05, 0) is 36.4 Å². The van der Waals surface area contributed by atoms with Gasteiger partial charge in [0.2, 0.25) is 0 Å². The molecule has 0 saturated carbocycles. The van der Waals surface area contributed by atoms with Gasteiger partial charge < -0.3 is 14.2 Å². The number of ether oxygens (including phenoxy) is 3. The molecule has 5 nitrogen and oxygen atoms in total. The number of ketones is 1. The van der Waals surface area contributed by atoms with Crippen LogP contribution in [0.15, 0.2) is 55.1 Å². The fourth-order valence-corrected chi connectivity index (χ4v) is 1.95. The highest BCUT2D eigenvalue weighted by Crippen LogP contribution is 2.27. The van der Waals surface area contributed by atoms with E-state index >= 15 is 0 Å². The quantitative estimate of drug-likeness (QED) is 0.355. The summed E-state index contributed by atoms with van der Waals surface area (Å²) < 4.78 is 15.3. The minimum absolute atomic E-state index is 0.120. The molecule has 0 radical (unpaired) electrons. The molecule has 2 aromatic rings. The average molecular weight is 312 g/mol. The van der Waals surface area contributed by atoms with Gasteiger partial charge in [0.1, 0.15) is 17.2 Å². The maximum Gasteiger partial charge on any atom is 0.335 e. The molecule has 0 saturated heterocycles. The smallest absolute Gasteiger partial charge is 0.335 e. The molecule has 2 rings (SSSR count). The molecule has 0 aliphatic rings. The van der Waals surface area contributed by atoms with E-state index in [9.17, 15) is 9.59 Å². The predicted molar refractivity (Wildman–Crippen MR) is 85.3 cm³/mol. The van der Waals surface area contributed by atoms with E-state index in [-0.39, 0.29) is 17.1 Å². The van der Waals surface area contributed by atoms with Gasteiger partial charge in [0.05, 0.1) is 19.8 Å². The minimum atomic E-state index is -0.651. The Morgan fingerprint density at radius 1 is 0.957 bits per heavy atom. The lowest BCUT2D eigenvalue weighted by atomic mass is 10.0. The van der Waals surface area contributed by atoms with Crippen molar-refractivity contribution in [2.75, 3.05) is 14.2 Å². The molecule has 0 aliphatic heterocycles. The second kappa shape index (κ2) is 7.26. The molecule has 0 amide bonds. The number of hydrogen-bond acceptors (Lipinski definition) is 5. The molecule has 0 spiro atoms. The van der Waals surface area contributed by atoms with Crippen molar-refractivity contribution < 1.29 is 23.8 Å². The Hall–Kier alpha value is -3.08. The number of carbonyl (C=O) groups excluding carboxylic acids is 2. The Bertz CT molecular complexity index is 732. The zero-order valence-corrected chi connectivity index (χ0v) is 12.9. The lowest BCUT2D eigenvalue weighted by Crippen LogP contribution is -2.09. The van der Waals surface area contributed by atoms with E-state index in [1.54, 1.807) is 43.5 Å². The third kappa shape index (κ3) is 3.77. The van der Waals surface area contributed by atoms with Crippen molar-refractivity contribution >= 4 is 11.8 Å². The molecule has 0 fully saturated rings. The Morgan fingerprint density at radius 3 is 2.13 bits per heavy atom. The highest BCUT2D eigenvalue weighted by atomic mass is 16.5. The SMILES string of the molecule is C=CC(=O)Oc1cc(OC)ccc1C(=O)c1ccc(OC)cc1. The van der Waals surface area contributed by atoms with Crippen molar-refractivity contribution in [3.63, 3.8) is 0 Å². The van der Waals surface area contributed by atoms with Crippen LogP contribution in [0.4, 0.5) is 0 Å². The molecular formula is C18H16O5. The standard InChI is InChI=1S/C18H16O5/c1-4-17(19)23-16-11-14(22-3)9-10-15(16)18(20)12-5-7-13(21-2)8-6-12/h4-11H,1H2,2-3H3. The number of benzene rings is 2. The zero-order valence-electron chi connectivity index (χ0n) is 12.9. The van der Waals surface area contributed by atoms with Gasteiger partial charge in [-0.1, -0.05) is 6.58 Å². The van der Waals surface area contributed by atoms with Gasteiger partial charge in [0.15, 0.2) is 5.78 Å². The number of rotatable bonds is 6. The highest BCUT2D eigenvalue weighted by Gasteiger charge is 2.17. The first kappa shape index (κ1) is 16.3. The van der Waals surface area contributed by atoms with E-state index in [1.807, 2.05) is 0 Å². The summed E-state index contributed by atoms with van der Waals surface area (Å²) in [5.41, 5.74) is 0.707. The summed E-state index contributed by atoms with van der Waals surface area (Å²) >= 11 is 0. The van der Waals surface area contributed by atoms with Crippen molar-refractivity contribution in [3.8, 4) is 17.2 Å². The lowest BCUT2D eigenvalue weighted by molar-refractivity contribution is -0.128. The van der Waals surface area contributed by atoms with Crippen LogP contribution in [-0.4, -0.2) is 26.0 Å². The van der Waals surface area contributed by atoms with Crippen LogP contribution in [0.5, 0.6) is 17.2 Å². The number of carbonyl (C=O) groups is 2. The van der Waals surface area contributed by atoms with Crippen LogP contribution in [0.1, 0.15) is 15.9 Å². The maximum absolute atomic E-state index is 12.6. The minimum Gasteiger partial charge on any atom is -0.497 e. The molecule has 0 heterocycles. The summed E-state index contributed by atoms with van der Waals surface area (Å²) in [6, 6.07) is 11.3. The summed E-state index contributed by atoms with van der Waals surface area (Å²) in [6.07, 6.45) is 1.03. The van der Waals surface area contributed by atoms with Crippen LogP contribution in [0.3, 0.4) is 0 Å². The second-order valence-corrected chi connectivity index (χ2v) is 4.54. The van der Waals surface area contributed by atoms with Crippen LogP contribution in [0, 0.1) is 0 Å². The number of methoxy groups -OCH3 is 2. The molecule has 0 unspecified atom stereocenters. The largest absolute Gasteiger partial charge is 0.497 e. The summed E-state index contributed by atoms with van der Waals surface area (Å²) in [5, 5.41) is 0. The monoisotopic (exact) mass is 312 g/mol. The first-order valence-corrected chi connectivity index (χ1v) is 6.80. The van der Waals surface area contributed by atoms with E-state index < -0.39 is 5.97 Å². The summed E-state index contributed by atoms with van der Waals surface area (Å²) in [7, 11) is 3.03. The van der Waals surface area contributed by atoms with Gasteiger partial charge in [-0.3, -0.25) is 4.79 Å². The molecule has 2 aromatic carbocycles. The third-order valence-corrected chi connectivity index (χ3v) is 3.16. The Balaban J connectivity index is 2.41. The van der Waals surface area contributed by atoms with Gasteiger partial charge >= 0.3 is 5.97 Å². The summed E-state index contributed by atoms with van der Waals surface area (Å²) in [4.78, 5) is 24.1. The van der Waals surface area contributed by atoms with Crippen molar-refractivity contribution in [3.05, 3.63) is 66.2 Å². The molecule has 23 heavy (non-hydrogen) atoms. The molecule has 118 valence electrons. The van der Waals surface area contributed by atoms with E-state index in [2.05, 4.69) is 6.58 Å². The predicted octanol–water partition coefficient (Wildman–Crippen LogP) is 3.03. The Kier molecular flexibility index (Phi) is 5.15. The van der Waals surface area contributed by atoms with Crippen molar-refractivity contribution in [1.29, 1.82) is 0 Å². The average Bonchev–Trinajstić information content (AvgIpc) is 2.61. The highest BCUT2D eigenvalue weighted by molar-refractivity contribution is 6.11. The summed E-state index contributed by atoms with van der Waals surface area (Å²) in [6.45, 7) is 3.35. The molecule has 0 bridgehead atoms. The van der Waals surface area contributed by atoms with Gasteiger partial charge in [0.25, 0.3) is 0 Å². The first-order chi connectivity index (χ1) is 11.1. The molecule has 0 N–H and O–H groups in total. The fraction of sp³-hybridized carbons (Fsp3) is 0.111. The van der Waals surface area contributed by atoms with Crippen LogP contribution < -0.4 is 14.2 Å². The molecule has 5 heteroatoms. The fourth-order valence-electron chi connectivity index (χ4n) is 1.95. The molecular weight excluding hydrogens is 296 g/mol. The number of esters is 1. The Morgan fingerprint density at radius 2 is 1.57 bits per heavy atom. The summed E-state index contributed by atoms with van der Waals surface area (Å²) in [5.74, 6) is 0.317. The lowest BCUT2D eigenvalue weighted by Gasteiger charge is -2.10. The second-order valence-electron chi connectivity index (χ2n) is 4.54. The number of hydrogen-bond donors (Lipinski definition) is 0. The van der Waals surface area contributed by atoms with Gasteiger partial charge in [0, 0.05) is 17.7 Å².